The van der Waals surface area contributed by atoms with Crippen molar-refractivity contribution in [1.29, 1.82) is 0 Å². The van der Waals surface area contributed by atoms with E-state index < -0.39 is 0 Å². The molecule has 1 saturated heterocycles. The zero-order valence-corrected chi connectivity index (χ0v) is 17.5. The fourth-order valence-electron chi connectivity index (χ4n) is 4.48. The summed E-state index contributed by atoms with van der Waals surface area (Å²) in [6, 6.07) is 10.7. The number of anilines is 1. The predicted molar refractivity (Wildman–Crippen MR) is 115 cm³/mol. The Morgan fingerprint density at radius 2 is 2.03 bits per heavy atom. The summed E-state index contributed by atoms with van der Waals surface area (Å²) in [4.78, 5) is 26.1. The van der Waals surface area contributed by atoms with Crippen LogP contribution in [0.25, 0.3) is 0 Å². The maximum Gasteiger partial charge on any atom is 0.219 e. The molecule has 1 aromatic heterocycles. The molecule has 4 rings (SSSR count). The molecular weight excluding hydrogens is 362 g/mol. The lowest BCUT2D eigenvalue weighted by molar-refractivity contribution is -0.130. The highest BCUT2D eigenvalue weighted by Gasteiger charge is 2.28. The highest BCUT2D eigenvalue weighted by molar-refractivity contribution is 5.73. The third kappa shape index (κ3) is 4.58. The van der Waals surface area contributed by atoms with Gasteiger partial charge in [0.05, 0.1) is 5.69 Å². The van der Waals surface area contributed by atoms with Crippen LogP contribution in [0.2, 0.25) is 0 Å². The summed E-state index contributed by atoms with van der Waals surface area (Å²) in [5.41, 5.74) is 3.79. The van der Waals surface area contributed by atoms with Gasteiger partial charge in [0.25, 0.3) is 0 Å². The summed E-state index contributed by atoms with van der Waals surface area (Å²) in [6.45, 7) is 6.21. The molecule has 1 fully saturated rings. The van der Waals surface area contributed by atoms with Gasteiger partial charge in [0.15, 0.2) is 0 Å². The quantitative estimate of drug-likeness (QED) is 0.846. The first-order chi connectivity index (χ1) is 14.1. The van der Waals surface area contributed by atoms with E-state index in [4.69, 9.17) is 9.97 Å². The second-order valence-electron chi connectivity index (χ2n) is 8.17. The smallest absolute Gasteiger partial charge is 0.219 e. The van der Waals surface area contributed by atoms with Crippen LogP contribution in [-0.2, 0) is 24.2 Å². The minimum atomic E-state index is 0.149. The summed E-state index contributed by atoms with van der Waals surface area (Å²) < 4.78 is 0. The molecule has 0 radical (unpaired) electrons. The molecule has 2 aliphatic heterocycles. The van der Waals surface area contributed by atoms with Gasteiger partial charge in [-0.2, -0.15) is 0 Å². The lowest BCUT2D eigenvalue weighted by Gasteiger charge is -2.33. The van der Waals surface area contributed by atoms with E-state index in [9.17, 15) is 4.79 Å². The van der Waals surface area contributed by atoms with E-state index in [0.29, 0.717) is 0 Å². The second kappa shape index (κ2) is 8.91. The van der Waals surface area contributed by atoms with Crippen molar-refractivity contribution in [3.63, 3.8) is 0 Å². The molecule has 6 heteroatoms. The number of rotatable bonds is 5. The third-order valence-electron chi connectivity index (χ3n) is 6.18. The first-order valence-electron chi connectivity index (χ1n) is 10.7. The number of likely N-dealkylation sites (tertiary alicyclic amines) is 1. The fraction of sp³-hybridized carbons (Fsp3) is 0.522. The molecule has 1 aromatic carbocycles. The fourth-order valence-corrected chi connectivity index (χ4v) is 4.48. The highest BCUT2D eigenvalue weighted by atomic mass is 16.2. The Hall–Kier alpha value is -2.47. The predicted octanol–water partition coefficient (Wildman–Crippen LogP) is 2.85. The van der Waals surface area contributed by atoms with Gasteiger partial charge in [0.1, 0.15) is 11.6 Å². The summed E-state index contributed by atoms with van der Waals surface area (Å²) in [5.74, 6) is 2.24. The van der Waals surface area contributed by atoms with Crippen molar-refractivity contribution in [3.05, 3.63) is 53.0 Å². The van der Waals surface area contributed by atoms with Crippen molar-refractivity contribution in [2.45, 2.75) is 45.1 Å². The Labute approximate surface area is 173 Å². The topological polar surface area (TPSA) is 61.4 Å². The van der Waals surface area contributed by atoms with Gasteiger partial charge in [0.2, 0.25) is 5.91 Å². The number of hydrogen-bond acceptors (Lipinski definition) is 5. The Morgan fingerprint density at radius 3 is 2.79 bits per heavy atom. The van der Waals surface area contributed by atoms with E-state index >= 15 is 0 Å². The standard InChI is InChI=1S/C23H31N5O/c1-17(29)28-12-6-9-19(15-28)22-25-21-11-14-27(16-20(21)23(24-2)26-22)13-10-18-7-4-3-5-8-18/h3-5,7-8,19H,6,9-16H2,1-2H3,(H,24,25,26)/t19-/m0/s1. The van der Waals surface area contributed by atoms with Crippen LogP contribution in [0.3, 0.4) is 0 Å². The maximum atomic E-state index is 11.8. The number of carbonyl (C=O) groups is 1. The Balaban J connectivity index is 1.48. The number of carbonyl (C=O) groups excluding carboxylic acids is 1. The zero-order chi connectivity index (χ0) is 20.2. The number of hydrogen-bond donors (Lipinski definition) is 1. The third-order valence-corrected chi connectivity index (χ3v) is 6.18. The summed E-state index contributed by atoms with van der Waals surface area (Å²) in [5, 5.41) is 3.30. The number of amides is 1. The van der Waals surface area contributed by atoms with Crippen LogP contribution in [-0.4, -0.2) is 58.9 Å². The van der Waals surface area contributed by atoms with Crippen molar-refractivity contribution in [2.75, 3.05) is 38.5 Å². The van der Waals surface area contributed by atoms with Crippen LogP contribution in [0.1, 0.15) is 48.3 Å². The van der Waals surface area contributed by atoms with E-state index in [1.807, 2.05) is 11.9 Å². The number of benzene rings is 1. The van der Waals surface area contributed by atoms with Gasteiger partial charge < -0.3 is 10.2 Å². The van der Waals surface area contributed by atoms with Crippen molar-refractivity contribution in [1.82, 2.24) is 19.8 Å². The summed E-state index contributed by atoms with van der Waals surface area (Å²) in [6.07, 6.45) is 4.09. The monoisotopic (exact) mass is 393 g/mol. The Morgan fingerprint density at radius 1 is 1.21 bits per heavy atom. The highest BCUT2D eigenvalue weighted by Crippen LogP contribution is 2.30. The van der Waals surface area contributed by atoms with Crippen LogP contribution >= 0.6 is 0 Å². The average Bonchev–Trinajstić information content (AvgIpc) is 2.77. The van der Waals surface area contributed by atoms with E-state index in [-0.39, 0.29) is 11.8 Å². The van der Waals surface area contributed by atoms with Crippen LogP contribution < -0.4 is 5.32 Å². The zero-order valence-electron chi connectivity index (χ0n) is 17.5. The number of aromatic nitrogens is 2. The van der Waals surface area contributed by atoms with E-state index in [1.54, 1.807) is 6.92 Å². The molecule has 1 atom stereocenters. The molecule has 0 spiro atoms. The Kier molecular flexibility index (Phi) is 6.09. The molecule has 2 aromatic rings. The van der Waals surface area contributed by atoms with Crippen molar-refractivity contribution in [3.8, 4) is 0 Å². The number of fused-ring (bicyclic) bond motifs is 1. The van der Waals surface area contributed by atoms with E-state index in [0.717, 1.165) is 70.0 Å². The minimum absolute atomic E-state index is 0.149. The molecule has 2 aliphatic rings. The van der Waals surface area contributed by atoms with Crippen LogP contribution in [0.4, 0.5) is 5.82 Å². The molecule has 0 saturated carbocycles. The largest absolute Gasteiger partial charge is 0.373 e. The number of piperidine rings is 1. The van der Waals surface area contributed by atoms with Gasteiger partial charge in [-0.25, -0.2) is 9.97 Å². The Bertz CT molecular complexity index is 837. The van der Waals surface area contributed by atoms with Crippen molar-refractivity contribution < 1.29 is 4.79 Å². The lowest BCUT2D eigenvalue weighted by Crippen LogP contribution is -2.38. The van der Waals surface area contributed by atoms with Gasteiger partial charge in [-0.15, -0.1) is 0 Å². The van der Waals surface area contributed by atoms with Crippen molar-refractivity contribution in [2.24, 2.45) is 0 Å². The molecule has 1 N–H and O–H groups in total. The molecule has 154 valence electrons. The first-order valence-corrected chi connectivity index (χ1v) is 10.7. The van der Waals surface area contributed by atoms with Crippen LogP contribution in [0, 0.1) is 0 Å². The second-order valence-corrected chi connectivity index (χ2v) is 8.17. The summed E-state index contributed by atoms with van der Waals surface area (Å²) >= 11 is 0. The molecule has 3 heterocycles. The van der Waals surface area contributed by atoms with Crippen molar-refractivity contribution >= 4 is 11.7 Å². The lowest BCUT2D eigenvalue weighted by atomic mass is 9.96. The normalized spacial score (nSPS) is 19.7. The minimum Gasteiger partial charge on any atom is -0.373 e. The van der Waals surface area contributed by atoms with E-state index in [1.165, 1.54) is 16.8 Å². The molecule has 6 nitrogen and oxygen atoms in total. The van der Waals surface area contributed by atoms with Gasteiger partial charge in [0, 0.05) is 64.6 Å². The molecule has 0 bridgehead atoms. The maximum absolute atomic E-state index is 11.8. The number of nitrogens with zero attached hydrogens (tertiary/aromatic N) is 4. The summed E-state index contributed by atoms with van der Waals surface area (Å²) in [7, 11) is 1.94. The molecule has 1 amide bonds. The van der Waals surface area contributed by atoms with Gasteiger partial charge in [-0.3, -0.25) is 9.69 Å². The van der Waals surface area contributed by atoms with Gasteiger partial charge >= 0.3 is 0 Å². The number of nitrogens with one attached hydrogen (secondary N) is 1. The van der Waals surface area contributed by atoms with E-state index in [2.05, 4.69) is 40.5 Å². The van der Waals surface area contributed by atoms with Crippen LogP contribution in [0.5, 0.6) is 0 Å². The average molecular weight is 394 g/mol. The van der Waals surface area contributed by atoms with Gasteiger partial charge in [-0.05, 0) is 24.8 Å². The SMILES string of the molecule is CNc1nc([C@H]2CCCN(C(C)=O)C2)nc2c1CN(CCc1ccccc1)CC2. The molecule has 0 aliphatic carbocycles. The molecular formula is C23H31N5O. The molecule has 0 unspecified atom stereocenters. The molecule has 29 heavy (non-hydrogen) atoms. The van der Waals surface area contributed by atoms with Gasteiger partial charge in [-0.1, -0.05) is 30.3 Å². The van der Waals surface area contributed by atoms with Crippen LogP contribution in [0.15, 0.2) is 30.3 Å². The first kappa shape index (κ1) is 19.8.